The molecule has 14 heavy (non-hydrogen) atoms. The number of hydrogen-bond donors (Lipinski definition) is 1. The van der Waals surface area contributed by atoms with Crippen molar-refractivity contribution in [2.24, 2.45) is 0 Å². The van der Waals surface area contributed by atoms with Crippen molar-refractivity contribution in [1.82, 2.24) is 0 Å². The highest BCUT2D eigenvalue weighted by Gasteiger charge is 2.16. The first-order valence-corrected chi connectivity index (χ1v) is 6.69. The summed E-state index contributed by atoms with van der Waals surface area (Å²) in [6.07, 6.45) is -0.491. The van der Waals surface area contributed by atoms with Crippen LogP contribution in [0.15, 0.2) is 27.4 Å². The number of halogens is 1. The minimum atomic E-state index is -0.491. The van der Waals surface area contributed by atoms with Gasteiger partial charge in [-0.15, -0.1) is 11.3 Å². The van der Waals surface area contributed by atoms with Gasteiger partial charge in [-0.3, -0.25) is 0 Å². The van der Waals surface area contributed by atoms with Gasteiger partial charge >= 0.3 is 0 Å². The molecule has 2 rings (SSSR count). The zero-order chi connectivity index (χ0) is 10.1. The standard InChI is InChI=1S/C10H9BrOS2/c1-6-4-8(11)10(14-6)9(12)7-2-3-13-5-7/h2-5,9,12H,1H3. The number of aryl methyl sites for hydroxylation is 1. The maximum absolute atomic E-state index is 10.1. The van der Waals surface area contributed by atoms with Gasteiger partial charge in [0.05, 0.1) is 4.88 Å². The van der Waals surface area contributed by atoms with Crippen molar-refractivity contribution in [2.45, 2.75) is 13.0 Å². The van der Waals surface area contributed by atoms with Gasteiger partial charge in [-0.2, -0.15) is 11.3 Å². The van der Waals surface area contributed by atoms with E-state index in [4.69, 9.17) is 0 Å². The first-order valence-electron chi connectivity index (χ1n) is 4.14. The number of thiophene rings is 2. The summed E-state index contributed by atoms with van der Waals surface area (Å²) in [6, 6.07) is 3.99. The topological polar surface area (TPSA) is 20.2 Å². The van der Waals surface area contributed by atoms with Crippen molar-refractivity contribution < 1.29 is 5.11 Å². The summed E-state index contributed by atoms with van der Waals surface area (Å²) in [4.78, 5) is 2.20. The first-order chi connectivity index (χ1) is 6.68. The predicted molar refractivity (Wildman–Crippen MR) is 65.1 cm³/mol. The minimum Gasteiger partial charge on any atom is -0.383 e. The SMILES string of the molecule is Cc1cc(Br)c(C(O)c2ccsc2)s1. The van der Waals surface area contributed by atoms with E-state index in [1.165, 1.54) is 4.88 Å². The molecule has 2 aromatic rings. The molecular formula is C10H9BrOS2. The Balaban J connectivity index is 2.36. The highest BCUT2D eigenvalue weighted by molar-refractivity contribution is 9.10. The van der Waals surface area contributed by atoms with Crippen LogP contribution >= 0.6 is 38.6 Å². The molecule has 0 amide bonds. The zero-order valence-corrected chi connectivity index (χ0v) is 10.7. The van der Waals surface area contributed by atoms with Gasteiger partial charge in [0.25, 0.3) is 0 Å². The molecule has 0 saturated heterocycles. The van der Waals surface area contributed by atoms with Gasteiger partial charge in [0.2, 0.25) is 0 Å². The zero-order valence-electron chi connectivity index (χ0n) is 7.53. The molecule has 0 aliphatic rings. The van der Waals surface area contributed by atoms with E-state index in [9.17, 15) is 5.11 Å². The van der Waals surface area contributed by atoms with Crippen LogP contribution in [0.1, 0.15) is 21.4 Å². The van der Waals surface area contributed by atoms with Crippen molar-refractivity contribution in [2.75, 3.05) is 0 Å². The third-order valence-corrected chi connectivity index (χ3v) is 4.67. The number of aliphatic hydroxyl groups excluding tert-OH is 1. The molecule has 0 aromatic carbocycles. The van der Waals surface area contributed by atoms with Gasteiger partial charge in [-0.1, -0.05) is 0 Å². The molecule has 0 aliphatic carbocycles. The molecule has 0 fully saturated rings. The maximum Gasteiger partial charge on any atom is 0.115 e. The van der Waals surface area contributed by atoms with E-state index in [2.05, 4.69) is 15.9 Å². The molecule has 2 heterocycles. The molecule has 74 valence electrons. The Hall–Kier alpha value is -0.160. The van der Waals surface area contributed by atoms with Crippen molar-refractivity contribution in [3.8, 4) is 0 Å². The Labute approximate surface area is 99.2 Å². The van der Waals surface area contributed by atoms with Crippen LogP contribution in [0.25, 0.3) is 0 Å². The smallest absolute Gasteiger partial charge is 0.115 e. The van der Waals surface area contributed by atoms with Gasteiger partial charge < -0.3 is 5.11 Å². The summed E-state index contributed by atoms with van der Waals surface area (Å²) in [5.41, 5.74) is 0.970. The van der Waals surface area contributed by atoms with E-state index in [1.54, 1.807) is 22.7 Å². The fourth-order valence-electron chi connectivity index (χ4n) is 1.27. The Morgan fingerprint density at radius 2 is 2.29 bits per heavy atom. The molecule has 1 N–H and O–H groups in total. The van der Waals surface area contributed by atoms with Crippen LogP contribution in [-0.2, 0) is 0 Å². The van der Waals surface area contributed by atoms with E-state index in [-0.39, 0.29) is 0 Å². The predicted octanol–water partition coefficient (Wildman–Crippen LogP) is 3.96. The van der Waals surface area contributed by atoms with Crippen LogP contribution in [0, 0.1) is 6.92 Å². The molecule has 0 aliphatic heterocycles. The van der Waals surface area contributed by atoms with Gasteiger partial charge in [0.15, 0.2) is 0 Å². The maximum atomic E-state index is 10.1. The van der Waals surface area contributed by atoms with E-state index >= 15 is 0 Å². The Morgan fingerprint density at radius 1 is 1.50 bits per heavy atom. The quantitative estimate of drug-likeness (QED) is 0.887. The second-order valence-electron chi connectivity index (χ2n) is 3.03. The van der Waals surface area contributed by atoms with Crippen LogP contribution < -0.4 is 0 Å². The van der Waals surface area contributed by atoms with Crippen LogP contribution in [0.3, 0.4) is 0 Å². The van der Waals surface area contributed by atoms with Crippen LogP contribution in [0.4, 0.5) is 0 Å². The monoisotopic (exact) mass is 288 g/mol. The Bertz CT molecular complexity index is 419. The molecule has 1 nitrogen and oxygen atoms in total. The average molecular weight is 289 g/mol. The first kappa shape index (κ1) is 10.4. The molecule has 0 spiro atoms. The van der Waals surface area contributed by atoms with Gasteiger partial charge in [-0.25, -0.2) is 0 Å². The normalized spacial score (nSPS) is 13.1. The second kappa shape index (κ2) is 4.14. The summed E-state index contributed by atoms with van der Waals surface area (Å²) < 4.78 is 0.999. The van der Waals surface area contributed by atoms with Crippen molar-refractivity contribution in [3.05, 3.63) is 42.7 Å². The van der Waals surface area contributed by atoms with E-state index in [0.717, 1.165) is 14.9 Å². The Morgan fingerprint density at radius 3 is 2.79 bits per heavy atom. The molecule has 4 heteroatoms. The van der Waals surface area contributed by atoms with Gasteiger partial charge in [0, 0.05) is 9.35 Å². The number of rotatable bonds is 2. The summed E-state index contributed by atoms with van der Waals surface area (Å²) in [5, 5.41) is 14.0. The van der Waals surface area contributed by atoms with E-state index in [0.29, 0.717) is 0 Å². The molecule has 0 radical (unpaired) electrons. The Kier molecular flexibility index (Phi) is 3.07. The van der Waals surface area contributed by atoms with Crippen molar-refractivity contribution >= 4 is 38.6 Å². The third-order valence-electron chi connectivity index (χ3n) is 1.94. The largest absolute Gasteiger partial charge is 0.383 e. The van der Waals surface area contributed by atoms with E-state index in [1.807, 2.05) is 29.8 Å². The molecule has 2 aromatic heterocycles. The highest BCUT2D eigenvalue weighted by Crippen LogP contribution is 2.35. The van der Waals surface area contributed by atoms with Gasteiger partial charge in [0.1, 0.15) is 6.10 Å². The third kappa shape index (κ3) is 1.93. The van der Waals surface area contributed by atoms with Crippen molar-refractivity contribution in [1.29, 1.82) is 0 Å². The minimum absolute atomic E-state index is 0.491. The van der Waals surface area contributed by atoms with Crippen molar-refractivity contribution in [3.63, 3.8) is 0 Å². The lowest BCUT2D eigenvalue weighted by Crippen LogP contribution is -1.94. The number of aliphatic hydroxyl groups is 1. The summed E-state index contributed by atoms with van der Waals surface area (Å²) in [5.74, 6) is 0. The van der Waals surface area contributed by atoms with E-state index < -0.39 is 6.10 Å². The molecule has 1 unspecified atom stereocenters. The summed E-state index contributed by atoms with van der Waals surface area (Å²) in [7, 11) is 0. The van der Waals surface area contributed by atoms with Crippen LogP contribution in [-0.4, -0.2) is 5.11 Å². The number of hydrogen-bond acceptors (Lipinski definition) is 3. The summed E-state index contributed by atoms with van der Waals surface area (Å²) >= 11 is 6.69. The lowest BCUT2D eigenvalue weighted by atomic mass is 10.2. The molecule has 0 saturated carbocycles. The van der Waals surface area contributed by atoms with Crippen LogP contribution in [0.2, 0.25) is 0 Å². The van der Waals surface area contributed by atoms with Gasteiger partial charge in [-0.05, 0) is 51.3 Å². The summed E-state index contributed by atoms with van der Waals surface area (Å²) in [6.45, 7) is 2.04. The molecule has 0 bridgehead atoms. The molecule has 1 atom stereocenters. The fourth-order valence-corrected chi connectivity index (χ4v) is 3.83. The lowest BCUT2D eigenvalue weighted by molar-refractivity contribution is 0.224. The average Bonchev–Trinajstić information content (AvgIpc) is 2.73. The lowest BCUT2D eigenvalue weighted by Gasteiger charge is -2.06. The molecular weight excluding hydrogens is 280 g/mol. The fraction of sp³-hybridized carbons (Fsp3) is 0.200. The van der Waals surface area contributed by atoms with Crippen LogP contribution in [0.5, 0.6) is 0 Å². The second-order valence-corrected chi connectivity index (χ2v) is 5.95. The highest BCUT2D eigenvalue weighted by atomic mass is 79.9.